The van der Waals surface area contributed by atoms with Gasteiger partial charge in [-0.05, 0) is 45.1 Å². The number of alkyl carbamates (subject to hydrolysis) is 1. The second-order valence-corrected chi connectivity index (χ2v) is 6.63. The number of hydrogen-bond acceptors (Lipinski definition) is 3. The summed E-state index contributed by atoms with van der Waals surface area (Å²) in [6.45, 7) is 6.21. The van der Waals surface area contributed by atoms with Crippen LogP contribution in [0.2, 0.25) is 10.0 Å². The molecule has 0 spiro atoms. The second-order valence-electron chi connectivity index (χ2n) is 5.41. The summed E-state index contributed by atoms with van der Waals surface area (Å²) in [7, 11) is 0. The number of carbonyl (C=O) groups excluding carboxylic acids is 1. The molecule has 0 atom stereocenters. The molecule has 0 bridgehead atoms. The van der Waals surface area contributed by atoms with Crippen LogP contribution in [0.5, 0.6) is 0 Å². The van der Waals surface area contributed by atoms with E-state index in [1.54, 1.807) is 39.0 Å². The number of rotatable bonds is 4. The molecule has 0 fully saturated rings. The average molecular weight is 364 g/mol. The van der Waals surface area contributed by atoms with Crippen molar-refractivity contribution in [2.45, 2.75) is 26.4 Å². The maximum atomic E-state index is 11.4. The fourth-order valence-corrected chi connectivity index (χ4v) is 2.13. The summed E-state index contributed by atoms with van der Waals surface area (Å²) < 4.78 is 5.11. The molecule has 0 saturated carbocycles. The topological polar surface area (TPSA) is 62.4 Å². The molecular formula is C14H19Cl2N3O2S. The van der Waals surface area contributed by atoms with E-state index in [-0.39, 0.29) is 0 Å². The number of nitrogens with one attached hydrogen (secondary N) is 3. The minimum Gasteiger partial charge on any atom is -0.444 e. The molecule has 0 heterocycles. The lowest BCUT2D eigenvalue weighted by molar-refractivity contribution is 0.0529. The molecule has 0 aromatic heterocycles. The smallest absolute Gasteiger partial charge is 0.407 e. The van der Waals surface area contributed by atoms with Crippen LogP contribution in [0.25, 0.3) is 0 Å². The van der Waals surface area contributed by atoms with Gasteiger partial charge >= 0.3 is 6.09 Å². The minimum atomic E-state index is -0.519. The van der Waals surface area contributed by atoms with Gasteiger partial charge in [-0.3, -0.25) is 0 Å². The molecule has 1 rings (SSSR count). The molecule has 0 unspecified atom stereocenters. The number of halogens is 2. The molecular weight excluding hydrogens is 345 g/mol. The lowest BCUT2D eigenvalue weighted by atomic mass is 10.2. The van der Waals surface area contributed by atoms with Gasteiger partial charge in [-0.25, -0.2) is 4.79 Å². The number of thiocarbonyl (C=S) groups is 1. The molecule has 0 aliphatic rings. The molecule has 0 aliphatic carbocycles. The first-order valence-electron chi connectivity index (χ1n) is 6.65. The lowest BCUT2D eigenvalue weighted by Crippen LogP contribution is -2.39. The van der Waals surface area contributed by atoms with E-state index in [9.17, 15) is 4.79 Å². The Balaban J connectivity index is 2.31. The molecule has 0 aliphatic heterocycles. The van der Waals surface area contributed by atoms with Gasteiger partial charge in [0.05, 0.1) is 15.7 Å². The normalized spacial score (nSPS) is 10.8. The van der Waals surface area contributed by atoms with Crippen LogP contribution in [0, 0.1) is 0 Å². The van der Waals surface area contributed by atoms with Crippen LogP contribution in [0.4, 0.5) is 10.5 Å². The highest BCUT2D eigenvalue weighted by atomic mass is 35.5. The Morgan fingerprint density at radius 3 is 2.27 bits per heavy atom. The fourth-order valence-electron chi connectivity index (χ4n) is 1.43. The van der Waals surface area contributed by atoms with Gasteiger partial charge in [0.25, 0.3) is 0 Å². The van der Waals surface area contributed by atoms with Gasteiger partial charge in [-0.2, -0.15) is 0 Å². The van der Waals surface area contributed by atoms with Gasteiger partial charge in [0, 0.05) is 13.1 Å². The van der Waals surface area contributed by atoms with Gasteiger partial charge in [0.2, 0.25) is 0 Å². The van der Waals surface area contributed by atoms with E-state index in [1.807, 2.05) is 0 Å². The van der Waals surface area contributed by atoms with Crippen LogP contribution in [-0.2, 0) is 4.74 Å². The van der Waals surface area contributed by atoms with Crippen molar-refractivity contribution in [3.8, 4) is 0 Å². The van der Waals surface area contributed by atoms with E-state index in [2.05, 4.69) is 16.0 Å². The van der Waals surface area contributed by atoms with Crippen molar-refractivity contribution in [3.63, 3.8) is 0 Å². The summed E-state index contributed by atoms with van der Waals surface area (Å²) in [5.74, 6) is 0. The van der Waals surface area contributed by atoms with E-state index in [4.69, 9.17) is 40.2 Å². The minimum absolute atomic E-state index is 0.362. The first-order chi connectivity index (χ1) is 10.2. The van der Waals surface area contributed by atoms with Gasteiger partial charge in [-0.1, -0.05) is 29.3 Å². The maximum absolute atomic E-state index is 11.4. The Labute approximate surface area is 145 Å². The van der Waals surface area contributed by atoms with Crippen LogP contribution in [0.3, 0.4) is 0 Å². The van der Waals surface area contributed by atoms with Crippen LogP contribution < -0.4 is 16.0 Å². The molecule has 0 saturated heterocycles. The number of amides is 1. The predicted molar refractivity (Wildman–Crippen MR) is 94.9 cm³/mol. The molecule has 122 valence electrons. The SMILES string of the molecule is CC(C)(C)OC(=O)NCCNC(=S)Nc1c(Cl)cccc1Cl. The summed E-state index contributed by atoms with van der Waals surface area (Å²) in [4.78, 5) is 11.4. The van der Waals surface area contributed by atoms with Crippen molar-refractivity contribution in [2.24, 2.45) is 0 Å². The molecule has 1 aromatic carbocycles. The van der Waals surface area contributed by atoms with Gasteiger partial charge < -0.3 is 20.7 Å². The number of hydrogen-bond donors (Lipinski definition) is 3. The number of anilines is 1. The zero-order valence-electron chi connectivity index (χ0n) is 12.6. The van der Waals surface area contributed by atoms with Crippen molar-refractivity contribution in [1.82, 2.24) is 10.6 Å². The third-order valence-electron chi connectivity index (χ3n) is 2.28. The predicted octanol–water partition coefficient (Wildman–Crippen LogP) is 3.80. The van der Waals surface area contributed by atoms with E-state index >= 15 is 0 Å². The van der Waals surface area contributed by atoms with Crippen LogP contribution in [-0.4, -0.2) is 29.9 Å². The van der Waals surface area contributed by atoms with Crippen molar-refractivity contribution in [3.05, 3.63) is 28.2 Å². The Morgan fingerprint density at radius 2 is 1.73 bits per heavy atom. The van der Waals surface area contributed by atoms with Gasteiger partial charge in [-0.15, -0.1) is 0 Å². The molecule has 22 heavy (non-hydrogen) atoms. The largest absolute Gasteiger partial charge is 0.444 e. The first kappa shape index (κ1) is 18.8. The van der Waals surface area contributed by atoms with Crippen LogP contribution in [0.15, 0.2) is 18.2 Å². The van der Waals surface area contributed by atoms with E-state index in [1.165, 1.54) is 0 Å². The van der Waals surface area contributed by atoms with E-state index in [0.717, 1.165) is 0 Å². The van der Waals surface area contributed by atoms with Crippen LogP contribution >= 0.6 is 35.4 Å². The summed E-state index contributed by atoms with van der Waals surface area (Å²) in [5.41, 5.74) is 0.0262. The summed E-state index contributed by atoms with van der Waals surface area (Å²) in [5, 5.41) is 9.78. The van der Waals surface area contributed by atoms with Crippen LogP contribution in [0.1, 0.15) is 20.8 Å². The molecule has 1 amide bonds. The second kappa shape index (κ2) is 8.41. The molecule has 5 nitrogen and oxygen atoms in total. The number of carbonyl (C=O) groups is 1. The zero-order chi connectivity index (χ0) is 16.8. The van der Waals surface area contributed by atoms with Crippen molar-refractivity contribution < 1.29 is 9.53 Å². The summed E-state index contributed by atoms with van der Waals surface area (Å²) in [6.07, 6.45) is -0.470. The third kappa shape index (κ3) is 7.15. The first-order valence-corrected chi connectivity index (χ1v) is 7.81. The van der Waals surface area contributed by atoms with Gasteiger partial charge in [0.15, 0.2) is 5.11 Å². The molecule has 0 radical (unpaired) electrons. The third-order valence-corrected chi connectivity index (χ3v) is 3.16. The van der Waals surface area contributed by atoms with Crippen molar-refractivity contribution >= 4 is 52.3 Å². The number of ether oxygens (including phenoxy) is 1. The Hall–Kier alpha value is -1.24. The van der Waals surface area contributed by atoms with E-state index < -0.39 is 11.7 Å². The Bertz CT molecular complexity index is 527. The summed E-state index contributed by atoms with van der Waals surface area (Å²) >= 11 is 17.2. The number of para-hydroxylation sites is 1. The molecule has 8 heteroatoms. The lowest BCUT2D eigenvalue weighted by Gasteiger charge is -2.19. The quantitative estimate of drug-likeness (QED) is 0.560. The molecule has 1 aromatic rings. The monoisotopic (exact) mass is 363 g/mol. The Morgan fingerprint density at radius 1 is 1.18 bits per heavy atom. The van der Waals surface area contributed by atoms with Crippen molar-refractivity contribution in [2.75, 3.05) is 18.4 Å². The maximum Gasteiger partial charge on any atom is 0.407 e. The van der Waals surface area contributed by atoms with Crippen molar-refractivity contribution in [1.29, 1.82) is 0 Å². The zero-order valence-corrected chi connectivity index (χ0v) is 15.0. The summed E-state index contributed by atoms with van der Waals surface area (Å²) in [6, 6.07) is 5.17. The fraction of sp³-hybridized carbons (Fsp3) is 0.429. The highest BCUT2D eigenvalue weighted by molar-refractivity contribution is 7.80. The Kier molecular flexibility index (Phi) is 7.19. The highest BCUT2D eigenvalue weighted by Gasteiger charge is 2.15. The number of benzene rings is 1. The highest BCUT2D eigenvalue weighted by Crippen LogP contribution is 2.29. The van der Waals surface area contributed by atoms with E-state index in [0.29, 0.717) is 33.9 Å². The average Bonchev–Trinajstić information content (AvgIpc) is 2.37. The standard InChI is InChI=1S/C14H19Cl2N3O2S/c1-14(2,3)21-13(20)18-8-7-17-12(22)19-11-9(15)5-4-6-10(11)16/h4-6H,7-8H2,1-3H3,(H,18,20)(H2,17,19,22). The van der Waals surface area contributed by atoms with Gasteiger partial charge in [0.1, 0.15) is 5.60 Å². The molecule has 3 N–H and O–H groups in total.